The van der Waals surface area contributed by atoms with Crippen LogP contribution in [0.25, 0.3) is 11.3 Å². The van der Waals surface area contributed by atoms with E-state index in [0.29, 0.717) is 18.1 Å². The van der Waals surface area contributed by atoms with Crippen LogP contribution in [0.5, 0.6) is 0 Å². The van der Waals surface area contributed by atoms with Gasteiger partial charge in [-0.05, 0) is 39.3 Å². The van der Waals surface area contributed by atoms with Crippen molar-refractivity contribution in [3.63, 3.8) is 0 Å². The summed E-state index contributed by atoms with van der Waals surface area (Å²) in [6.07, 6.45) is 0.160. The Morgan fingerprint density at radius 2 is 2.15 bits per heavy atom. The average molecular weight is 438 g/mol. The minimum atomic E-state index is -0.581. The lowest BCUT2D eigenvalue weighted by molar-refractivity contribution is -0.125. The Balaban J connectivity index is 1.63. The molecular weight excluding hydrogens is 418 g/mol. The zero-order valence-corrected chi connectivity index (χ0v) is 17.2. The van der Waals surface area contributed by atoms with Crippen molar-refractivity contribution < 1.29 is 14.3 Å². The molecule has 1 aromatic heterocycles. The van der Waals surface area contributed by atoms with E-state index in [9.17, 15) is 9.59 Å². The van der Waals surface area contributed by atoms with E-state index in [1.165, 1.54) is 16.2 Å². The van der Waals surface area contributed by atoms with E-state index in [0.717, 1.165) is 15.7 Å². The molecule has 138 valence electrons. The summed E-state index contributed by atoms with van der Waals surface area (Å²) in [5.74, 6) is -0.239. The molecule has 3 rings (SSSR count). The highest BCUT2D eigenvalue weighted by Crippen LogP contribution is 2.28. The molecule has 8 heteroatoms. The number of nitrogens with zero attached hydrogens (tertiary/aromatic N) is 2. The highest BCUT2D eigenvalue weighted by Gasteiger charge is 2.40. The Bertz CT molecular complexity index is 831. The number of aromatic nitrogens is 1. The Morgan fingerprint density at radius 3 is 2.77 bits per heavy atom. The average Bonchev–Trinajstić information content (AvgIpc) is 2.92. The highest BCUT2D eigenvalue weighted by molar-refractivity contribution is 9.10. The molecule has 1 N–H and O–H groups in total. The molecule has 0 saturated carbocycles. The summed E-state index contributed by atoms with van der Waals surface area (Å²) in [4.78, 5) is 30.5. The van der Waals surface area contributed by atoms with Crippen molar-refractivity contribution in [3.05, 3.63) is 34.1 Å². The largest absolute Gasteiger partial charge is 0.444 e. The molecule has 6 nitrogen and oxygen atoms in total. The molecule has 2 amide bonds. The molecule has 0 radical (unpaired) electrons. The molecule has 1 atom stereocenters. The lowest BCUT2D eigenvalue weighted by atomic mass is 10.0. The third-order valence-electron chi connectivity index (χ3n) is 3.81. The van der Waals surface area contributed by atoms with Crippen molar-refractivity contribution in [2.24, 2.45) is 0 Å². The first-order chi connectivity index (χ1) is 12.2. The van der Waals surface area contributed by atoms with Crippen molar-refractivity contribution in [2.75, 3.05) is 11.9 Å². The van der Waals surface area contributed by atoms with Gasteiger partial charge in [-0.1, -0.05) is 28.1 Å². The Kier molecular flexibility index (Phi) is 5.34. The van der Waals surface area contributed by atoms with Crippen molar-refractivity contribution in [2.45, 2.75) is 38.8 Å². The second-order valence-electron chi connectivity index (χ2n) is 7.02. The van der Waals surface area contributed by atoms with Crippen molar-refractivity contribution in [1.29, 1.82) is 0 Å². The van der Waals surface area contributed by atoms with E-state index in [1.54, 1.807) is 20.8 Å². The summed E-state index contributed by atoms with van der Waals surface area (Å²) in [7, 11) is 0. The monoisotopic (exact) mass is 437 g/mol. The van der Waals surface area contributed by atoms with E-state index in [4.69, 9.17) is 4.74 Å². The van der Waals surface area contributed by atoms with Crippen molar-refractivity contribution in [1.82, 2.24) is 9.88 Å². The van der Waals surface area contributed by atoms with Crippen LogP contribution in [0.2, 0.25) is 0 Å². The lowest BCUT2D eigenvalue weighted by Gasteiger charge is -2.39. The first kappa shape index (κ1) is 18.8. The van der Waals surface area contributed by atoms with E-state index in [2.05, 4.69) is 26.2 Å². The van der Waals surface area contributed by atoms with E-state index < -0.39 is 17.7 Å². The number of rotatable bonds is 3. The smallest absolute Gasteiger partial charge is 0.410 e. The number of thiazole rings is 1. The number of nitrogens with one attached hydrogen (secondary N) is 1. The molecule has 1 fully saturated rings. The van der Waals surface area contributed by atoms with Crippen LogP contribution in [-0.2, 0) is 9.53 Å². The Hall–Kier alpha value is -1.93. The van der Waals surface area contributed by atoms with Crippen LogP contribution in [-0.4, -0.2) is 40.1 Å². The summed E-state index contributed by atoms with van der Waals surface area (Å²) in [5, 5.41) is 5.21. The molecule has 0 spiro atoms. The predicted octanol–water partition coefficient (Wildman–Crippen LogP) is 4.52. The van der Waals surface area contributed by atoms with Gasteiger partial charge in [0.25, 0.3) is 0 Å². The standard InChI is InChI=1S/C18H20BrN3O3S/c1-18(2,3)25-17(24)22-8-7-14(22)15(23)21-16-20-13(10-26-16)11-5-4-6-12(19)9-11/h4-6,9-10,14H,7-8H2,1-3H3,(H,20,21,23)/t14-/m0/s1. The number of benzene rings is 1. The molecule has 1 saturated heterocycles. The van der Waals surface area contributed by atoms with Crippen LogP contribution < -0.4 is 5.32 Å². The molecule has 1 aromatic carbocycles. The number of carbonyl (C=O) groups excluding carboxylic acids is 2. The highest BCUT2D eigenvalue weighted by atomic mass is 79.9. The normalized spacial score (nSPS) is 16.8. The first-order valence-corrected chi connectivity index (χ1v) is 9.92. The third-order valence-corrected chi connectivity index (χ3v) is 5.06. The van der Waals surface area contributed by atoms with Gasteiger partial charge in [-0.3, -0.25) is 9.69 Å². The molecule has 1 aliphatic rings. The molecule has 2 aromatic rings. The minimum absolute atomic E-state index is 0.239. The summed E-state index contributed by atoms with van der Waals surface area (Å²) in [6.45, 7) is 5.94. The SMILES string of the molecule is CC(C)(C)OC(=O)N1CC[C@H]1C(=O)Nc1nc(-c2cccc(Br)c2)cs1. The van der Waals surface area contributed by atoms with Crippen LogP contribution >= 0.6 is 27.3 Å². The van der Waals surface area contributed by atoms with Gasteiger partial charge < -0.3 is 10.1 Å². The topological polar surface area (TPSA) is 71.5 Å². The van der Waals surface area contributed by atoms with Gasteiger partial charge in [-0.15, -0.1) is 11.3 Å². The number of ether oxygens (including phenoxy) is 1. The number of amides is 2. The number of carbonyl (C=O) groups is 2. The number of likely N-dealkylation sites (tertiary alicyclic amines) is 1. The van der Waals surface area contributed by atoms with Gasteiger partial charge in [0.2, 0.25) is 5.91 Å². The fourth-order valence-corrected chi connectivity index (χ4v) is 3.62. The van der Waals surface area contributed by atoms with Crippen LogP contribution in [0.1, 0.15) is 27.2 Å². The maximum absolute atomic E-state index is 12.5. The summed E-state index contributed by atoms with van der Waals surface area (Å²) in [5.41, 5.74) is 1.18. The molecular formula is C18H20BrN3O3S. The van der Waals surface area contributed by atoms with Gasteiger partial charge in [0.05, 0.1) is 5.69 Å². The number of halogens is 1. The summed E-state index contributed by atoms with van der Waals surface area (Å²) >= 11 is 4.80. The van der Waals surface area contributed by atoms with Crippen molar-refractivity contribution >= 4 is 44.4 Å². The molecule has 26 heavy (non-hydrogen) atoms. The fourth-order valence-electron chi connectivity index (χ4n) is 2.50. The van der Waals surface area contributed by atoms with Crippen LogP contribution in [0, 0.1) is 0 Å². The molecule has 0 bridgehead atoms. The molecule has 1 aliphatic heterocycles. The Labute approximate surface area is 164 Å². The number of hydrogen-bond donors (Lipinski definition) is 1. The Morgan fingerprint density at radius 1 is 1.38 bits per heavy atom. The molecule has 0 aliphatic carbocycles. The van der Waals surface area contributed by atoms with Gasteiger partial charge in [0.15, 0.2) is 5.13 Å². The quantitative estimate of drug-likeness (QED) is 0.765. The van der Waals surface area contributed by atoms with Crippen LogP contribution in [0.15, 0.2) is 34.1 Å². The van der Waals surface area contributed by atoms with Gasteiger partial charge in [-0.2, -0.15) is 0 Å². The second-order valence-corrected chi connectivity index (χ2v) is 8.79. The third kappa shape index (κ3) is 4.42. The van der Waals surface area contributed by atoms with E-state index in [-0.39, 0.29) is 5.91 Å². The van der Waals surface area contributed by atoms with E-state index in [1.807, 2.05) is 29.6 Å². The molecule has 2 heterocycles. The zero-order valence-electron chi connectivity index (χ0n) is 14.8. The summed E-state index contributed by atoms with van der Waals surface area (Å²) in [6, 6.07) is 7.30. The van der Waals surface area contributed by atoms with Gasteiger partial charge in [-0.25, -0.2) is 9.78 Å². The zero-order chi connectivity index (χ0) is 18.9. The maximum Gasteiger partial charge on any atom is 0.410 e. The summed E-state index contributed by atoms with van der Waals surface area (Å²) < 4.78 is 6.30. The van der Waals surface area contributed by atoms with Gasteiger partial charge in [0.1, 0.15) is 11.6 Å². The van der Waals surface area contributed by atoms with Gasteiger partial charge >= 0.3 is 6.09 Å². The predicted molar refractivity (Wildman–Crippen MR) is 105 cm³/mol. The van der Waals surface area contributed by atoms with Crippen LogP contribution in [0.3, 0.4) is 0 Å². The minimum Gasteiger partial charge on any atom is -0.444 e. The fraction of sp³-hybridized carbons (Fsp3) is 0.389. The second kappa shape index (κ2) is 7.36. The van der Waals surface area contributed by atoms with E-state index >= 15 is 0 Å². The number of hydrogen-bond acceptors (Lipinski definition) is 5. The lowest BCUT2D eigenvalue weighted by Crippen LogP contribution is -2.57. The van der Waals surface area contributed by atoms with Crippen LogP contribution in [0.4, 0.5) is 9.93 Å². The van der Waals surface area contributed by atoms with Gasteiger partial charge in [0, 0.05) is 22.0 Å². The van der Waals surface area contributed by atoms with Crippen molar-refractivity contribution in [3.8, 4) is 11.3 Å². The molecule has 0 unspecified atom stereocenters. The number of anilines is 1. The first-order valence-electron chi connectivity index (χ1n) is 8.25. The maximum atomic E-state index is 12.5.